The van der Waals surface area contributed by atoms with E-state index in [0.29, 0.717) is 6.54 Å². The predicted molar refractivity (Wildman–Crippen MR) is 77.2 cm³/mol. The van der Waals surface area contributed by atoms with E-state index in [-0.39, 0.29) is 5.91 Å². The second-order valence-electron chi connectivity index (χ2n) is 4.45. The van der Waals surface area contributed by atoms with Gasteiger partial charge in [0.2, 0.25) is 5.91 Å². The van der Waals surface area contributed by atoms with E-state index in [1.807, 2.05) is 43.3 Å². The maximum absolute atomic E-state index is 11.8. The molecule has 1 aromatic carbocycles. The molecule has 0 aliphatic heterocycles. The van der Waals surface area contributed by atoms with E-state index in [1.165, 1.54) is 0 Å². The highest BCUT2D eigenvalue weighted by molar-refractivity contribution is 5.92. The maximum Gasteiger partial charge on any atom is 0.238 e. The van der Waals surface area contributed by atoms with Crippen LogP contribution in [-0.4, -0.2) is 44.5 Å². The number of likely N-dealkylation sites (N-methyl/N-ethyl adjacent to an activating group) is 1. The van der Waals surface area contributed by atoms with Gasteiger partial charge in [0.05, 0.1) is 6.54 Å². The van der Waals surface area contributed by atoms with E-state index in [1.54, 1.807) is 0 Å². The lowest BCUT2D eigenvalue weighted by atomic mass is 10.2. The van der Waals surface area contributed by atoms with E-state index in [0.717, 1.165) is 24.5 Å². The number of nitrogens with zero attached hydrogens (tertiary/aromatic N) is 2. The fourth-order valence-corrected chi connectivity index (χ4v) is 1.69. The molecule has 18 heavy (non-hydrogen) atoms. The molecule has 100 valence electrons. The first-order valence-corrected chi connectivity index (χ1v) is 6.36. The van der Waals surface area contributed by atoms with Crippen molar-refractivity contribution < 1.29 is 4.79 Å². The van der Waals surface area contributed by atoms with E-state index < -0.39 is 0 Å². The summed E-state index contributed by atoms with van der Waals surface area (Å²) in [5.74, 6) is 0.0382. The van der Waals surface area contributed by atoms with Gasteiger partial charge >= 0.3 is 0 Å². The summed E-state index contributed by atoms with van der Waals surface area (Å²) in [5, 5.41) is 2.91. The molecule has 0 bridgehead atoms. The number of hydrogen-bond acceptors (Lipinski definition) is 3. The Morgan fingerprint density at radius 2 is 1.67 bits per heavy atom. The molecule has 1 N–H and O–H groups in total. The van der Waals surface area contributed by atoms with Gasteiger partial charge in [-0.25, -0.2) is 0 Å². The highest BCUT2D eigenvalue weighted by Crippen LogP contribution is 2.15. The Morgan fingerprint density at radius 1 is 1.11 bits per heavy atom. The van der Waals surface area contributed by atoms with Crippen LogP contribution in [-0.2, 0) is 4.79 Å². The largest absolute Gasteiger partial charge is 0.378 e. The third-order valence-electron chi connectivity index (χ3n) is 2.93. The third-order valence-corrected chi connectivity index (χ3v) is 2.93. The van der Waals surface area contributed by atoms with Gasteiger partial charge in [-0.05, 0) is 37.4 Å². The number of rotatable bonds is 6. The van der Waals surface area contributed by atoms with Crippen molar-refractivity contribution in [1.82, 2.24) is 4.90 Å². The van der Waals surface area contributed by atoms with Gasteiger partial charge in [0, 0.05) is 25.5 Å². The minimum atomic E-state index is 0.0382. The van der Waals surface area contributed by atoms with Gasteiger partial charge in [-0.3, -0.25) is 9.69 Å². The predicted octanol–water partition coefficient (Wildman–Crippen LogP) is 2.03. The van der Waals surface area contributed by atoms with Gasteiger partial charge in [-0.15, -0.1) is 0 Å². The molecule has 1 rings (SSSR count). The van der Waals surface area contributed by atoms with Gasteiger partial charge in [-0.1, -0.05) is 13.8 Å². The molecule has 0 radical (unpaired) electrons. The van der Waals surface area contributed by atoms with Crippen molar-refractivity contribution in [3.05, 3.63) is 24.3 Å². The number of carbonyl (C=O) groups excluding carboxylic acids is 1. The van der Waals surface area contributed by atoms with E-state index in [4.69, 9.17) is 0 Å². The summed E-state index contributed by atoms with van der Waals surface area (Å²) >= 11 is 0. The Kier molecular flexibility index (Phi) is 5.65. The van der Waals surface area contributed by atoms with Crippen LogP contribution >= 0.6 is 0 Å². The Balaban J connectivity index is 2.54. The maximum atomic E-state index is 11.8. The van der Waals surface area contributed by atoms with Crippen molar-refractivity contribution in [2.24, 2.45) is 0 Å². The number of carbonyl (C=O) groups is 1. The Hall–Kier alpha value is -1.55. The Labute approximate surface area is 110 Å². The topological polar surface area (TPSA) is 35.6 Å². The summed E-state index contributed by atoms with van der Waals surface area (Å²) in [5.41, 5.74) is 1.97. The second kappa shape index (κ2) is 7.01. The average molecular weight is 249 g/mol. The lowest BCUT2D eigenvalue weighted by Gasteiger charge is -2.17. The lowest BCUT2D eigenvalue weighted by Crippen LogP contribution is -2.32. The standard InChI is InChI=1S/C14H23N3O/c1-5-17(6-2)11-14(18)15-12-7-9-13(10-8-12)16(3)4/h7-10H,5-6,11H2,1-4H3,(H,15,18). The van der Waals surface area contributed by atoms with Crippen molar-refractivity contribution in [3.63, 3.8) is 0 Å². The zero-order valence-corrected chi connectivity index (χ0v) is 11.7. The first-order valence-electron chi connectivity index (χ1n) is 6.36. The number of amides is 1. The molecule has 0 saturated carbocycles. The van der Waals surface area contributed by atoms with Crippen LogP contribution in [0.1, 0.15) is 13.8 Å². The van der Waals surface area contributed by atoms with Gasteiger partial charge in [0.1, 0.15) is 0 Å². The summed E-state index contributed by atoms with van der Waals surface area (Å²) in [6.45, 7) is 6.35. The van der Waals surface area contributed by atoms with Crippen LogP contribution < -0.4 is 10.2 Å². The van der Waals surface area contributed by atoms with Crippen LogP contribution in [0.25, 0.3) is 0 Å². The van der Waals surface area contributed by atoms with Gasteiger partial charge < -0.3 is 10.2 Å². The monoisotopic (exact) mass is 249 g/mol. The molecule has 0 atom stereocenters. The zero-order chi connectivity index (χ0) is 13.5. The molecule has 0 aliphatic rings. The molecular weight excluding hydrogens is 226 g/mol. The van der Waals surface area contributed by atoms with E-state index in [2.05, 4.69) is 24.1 Å². The molecule has 0 aliphatic carbocycles. The van der Waals surface area contributed by atoms with E-state index in [9.17, 15) is 4.79 Å². The molecule has 0 unspecified atom stereocenters. The fourth-order valence-electron chi connectivity index (χ4n) is 1.69. The van der Waals surface area contributed by atoms with Crippen molar-refractivity contribution in [2.75, 3.05) is 43.9 Å². The molecule has 1 aromatic rings. The Morgan fingerprint density at radius 3 is 2.11 bits per heavy atom. The van der Waals surface area contributed by atoms with E-state index >= 15 is 0 Å². The average Bonchev–Trinajstić information content (AvgIpc) is 2.36. The fraction of sp³-hybridized carbons (Fsp3) is 0.500. The van der Waals surface area contributed by atoms with Crippen LogP contribution in [0.3, 0.4) is 0 Å². The molecule has 0 saturated heterocycles. The minimum absolute atomic E-state index is 0.0382. The smallest absolute Gasteiger partial charge is 0.238 e. The quantitative estimate of drug-likeness (QED) is 0.838. The van der Waals surface area contributed by atoms with Gasteiger partial charge in [-0.2, -0.15) is 0 Å². The number of anilines is 2. The van der Waals surface area contributed by atoms with Crippen LogP contribution in [0.2, 0.25) is 0 Å². The summed E-state index contributed by atoms with van der Waals surface area (Å²) in [7, 11) is 3.99. The van der Waals surface area contributed by atoms with Crippen LogP contribution in [0.4, 0.5) is 11.4 Å². The normalized spacial score (nSPS) is 10.5. The summed E-state index contributed by atoms with van der Waals surface area (Å²) in [6.07, 6.45) is 0. The van der Waals surface area contributed by atoms with Crippen LogP contribution in [0.15, 0.2) is 24.3 Å². The highest BCUT2D eigenvalue weighted by atomic mass is 16.2. The molecule has 0 heterocycles. The number of nitrogens with one attached hydrogen (secondary N) is 1. The third kappa shape index (κ3) is 4.37. The van der Waals surface area contributed by atoms with Gasteiger partial charge in [0.15, 0.2) is 0 Å². The minimum Gasteiger partial charge on any atom is -0.378 e. The summed E-state index contributed by atoms with van der Waals surface area (Å²) < 4.78 is 0. The molecular formula is C14H23N3O. The van der Waals surface area contributed by atoms with Crippen molar-refractivity contribution >= 4 is 17.3 Å². The number of hydrogen-bond donors (Lipinski definition) is 1. The summed E-state index contributed by atoms with van der Waals surface area (Å²) in [6, 6.07) is 7.84. The first kappa shape index (κ1) is 14.5. The SMILES string of the molecule is CCN(CC)CC(=O)Nc1ccc(N(C)C)cc1. The lowest BCUT2D eigenvalue weighted by molar-refractivity contribution is -0.117. The van der Waals surface area contributed by atoms with Crippen LogP contribution in [0.5, 0.6) is 0 Å². The Bertz CT molecular complexity index is 369. The molecule has 0 spiro atoms. The van der Waals surface area contributed by atoms with Gasteiger partial charge in [0.25, 0.3) is 0 Å². The van der Waals surface area contributed by atoms with Crippen molar-refractivity contribution in [2.45, 2.75) is 13.8 Å². The molecule has 4 nitrogen and oxygen atoms in total. The van der Waals surface area contributed by atoms with Crippen molar-refractivity contribution in [1.29, 1.82) is 0 Å². The highest BCUT2D eigenvalue weighted by Gasteiger charge is 2.07. The van der Waals surface area contributed by atoms with Crippen molar-refractivity contribution in [3.8, 4) is 0 Å². The molecule has 1 amide bonds. The molecule has 0 aromatic heterocycles. The number of benzene rings is 1. The first-order chi connectivity index (χ1) is 8.56. The zero-order valence-electron chi connectivity index (χ0n) is 11.7. The molecule has 0 fully saturated rings. The molecule has 4 heteroatoms. The summed E-state index contributed by atoms with van der Waals surface area (Å²) in [4.78, 5) is 15.9. The second-order valence-corrected chi connectivity index (χ2v) is 4.45. The van der Waals surface area contributed by atoms with Crippen LogP contribution in [0, 0.1) is 0 Å².